The average molecular weight is 89.2 g/mol. The zero-order valence-corrected chi connectivity index (χ0v) is 4.15. The van der Waals surface area contributed by atoms with Gasteiger partial charge in [-0.05, 0) is 12.8 Å². The van der Waals surface area contributed by atoms with Crippen LogP contribution in [0.5, 0.6) is 0 Å². The molecular weight excluding hydrogens is 76.1 g/mol. The second-order valence-electron chi connectivity index (χ2n) is 1.35. The fourth-order valence-corrected chi connectivity index (χ4v) is 0.204. The van der Waals surface area contributed by atoms with Gasteiger partial charge in [-0.2, -0.15) is 0 Å². The van der Waals surface area contributed by atoms with Gasteiger partial charge in [0.25, 0.3) is 0 Å². The molecule has 0 heterocycles. The van der Waals surface area contributed by atoms with E-state index in [4.69, 9.17) is 6.48 Å². The molecule has 6 heavy (non-hydrogen) atoms. The Bertz CT molecular complexity index is 39.1. The Morgan fingerprint density at radius 1 is 1.83 bits per heavy atom. The van der Waals surface area contributed by atoms with Gasteiger partial charge in [0.2, 0.25) is 0 Å². The summed E-state index contributed by atoms with van der Waals surface area (Å²) in [4.78, 5) is 0. The van der Waals surface area contributed by atoms with Gasteiger partial charge in [0.05, 0.1) is 6.10 Å². The van der Waals surface area contributed by atoms with Crippen LogP contribution in [0.25, 0.3) is 0 Å². The molecule has 0 amide bonds. The Balaban J connectivity index is 2.83. The highest BCUT2D eigenvalue weighted by atomic mass is 16.3. The molecule has 0 aliphatic rings. The van der Waals surface area contributed by atoms with Crippen molar-refractivity contribution in [2.45, 2.75) is 32.8 Å². The molecule has 0 aromatic carbocycles. The highest BCUT2D eigenvalue weighted by molar-refractivity contribution is 4.43. The smallest absolute Gasteiger partial charge is 0.0535 e. The van der Waals surface area contributed by atoms with E-state index in [0.29, 0.717) is 13.3 Å². The molecule has 0 saturated carbocycles. The number of hydrogen-bond acceptors (Lipinski definition) is 1. The summed E-state index contributed by atoms with van der Waals surface area (Å²) in [7, 11) is 0. The summed E-state index contributed by atoms with van der Waals surface area (Å²) in [5, 5.41) is 8.74. The maximum atomic E-state index is 8.74. The van der Waals surface area contributed by atoms with Crippen LogP contribution in [-0.2, 0) is 0 Å². The third-order valence-electron chi connectivity index (χ3n) is 0.804. The largest absolute Gasteiger partial charge is 0.393 e. The van der Waals surface area contributed by atoms with Crippen molar-refractivity contribution in [2.75, 3.05) is 0 Å². The van der Waals surface area contributed by atoms with E-state index in [1.54, 1.807) is 0 Å². The SMILES string of the molecule is [2H]CCC(O)CC. The minimum Gasteiger partial charge on any atom is -0.393 e. The molecule has 0 aromatic heterocycles. The van der Waals surface area contributed by atoms with Crippen LogP contribution in [0.1, 0.15) is 28.0 Å². The molecular formula is C5H12O. The lowest BCUT2D eigenvalue weighted by Crippen LogP contribution is -1.99. The van der Waals surface area contributed by atoms with Gasteiger partial charge in [0.1, 0.15) is 0 Å². The molecule has 1 heteroatoms. The Hall–Kier alpha value is -0.0400. The molecule has 38 valence electrons. The second-order valence-corrected chi connectivity index (χ2v) is 1.35. The summed E-state index contributed by atoms with van der Waals surface area (Å²) in [6.45, 7) is 2.26. The minimum absolute atomic E-state index is 0.238. The monoisotopic (exact) mass is 89.1 g/mol. The lowest BCUT2D eigenvalue weighted by Gasteiger charge is -1.98. The lowest BCUT2D eigenvalue weighted by atomic mass is 10.2. The van der Waals surface area contributed by atoms with Crippen LogP contribution in [0.2, 0.25) is 0 Å². The van der Waals surface area contributed by atoms with E-state index in [-0.39, 0.29) is 6.10 Å². The molecule has 1 nitrogen and oxygen atoms in total. The zero-order valence-electron chi connectivity index (χ0n) is 5.15. The summed E-state index contributed by atoms with van der Waals surface area (Å²) < 4.78 is 6.68. The molecule has 0 bridgehead atoms. The summed E-state index contributed by atoms with van der Waals surface area (Å²) in [5.41, 5.74) is 0. The van der Waals surface area contributed by atoms with Crippen molar-refractivity contribution in [3.63, 3.8) is 0 Å². The highest BCUT2D eigenvalue weighted by Gasteiger charge is 1.90. The van der Waals surface area contributed by atoms with Crippen LogP contribution in [0, 0.1) is 0 Å². The molecule has 0 aromatic rings. The van der Waals surface area contributed by atoms with Gasteiger partial charge in [0, 0.05) is 1.37 Å². The van der Waals surface area contributed by atoms with Crippen LogP contribution >= 0.6 is 0 Å². The van der Waals surface area contributed by atoms with Crippen LogP contribution in [0.3, 0.4) is 0 Å². The number of aliphatic hydroxyl groups excluding tert-OH is 1. The molecule has 1 unspecified atom stereocenters. The van der Waals surface area contributed by atoms with Gasteiger partial charge in [0.15, 0.2) is 0 Å². The first-order valence-electron chi connectivity index (χ1n) is 2.99. The van der Waals surface area contributed by atoms with Crippen LogP contribution < -0.4 is 0 Å². The third-order valence-corrected chi connectivity index (χ3v) is 0.804. The maximum absolute atomic E-state index is 8.74. The standard InChI is InChI=1S/C5H12O/c1-3-5(6)4-2/h5-6H,3-4H2,1-2H3/i1D. The van der Waals surface area contributed by atoms with E-state index in [1.165, 1.54) is 0 Å². The van der Waals surface area contributed by atoms with Crippen molar-refractivity contribution in [1.29, 1.82) is 0 Å². The van der Waals surface area contributed by atoms with E-state index in [9.17, 15) is 0 Å². The summed E-state index contributed by atoms with van der Waals surface area (Å²) >= 11 is 0. The van der Waals surface area contributed by atoms with Gasteiger partial charge in [-0.1, -0.05) is 13.8 Å². The normalized spacial score (nSPS) is 16.7. The first-order valence-corrected chi connectivity index (χ1v) is 2.28. The fraction of sp³-hybridized carbons (Fsp3) is 1.00. The Morgan fingerprint density at radius 2 is 2.50 bits per heavy atom. The quantitative estimate of drug-likeness (QED) is 0.538. The van der Waals surface area contributed by atoms with Gasteiger partial charge < -0.3 is 5.11 Å². The summed E-state index contributed by atoms with van der Waals surface area (Å²) in [6, 6.07) is 0. The first-order chi connectivity index (χ1) is 3.31. The molecule has 0 aliphatic heterocycles. The van der Waals surface area contributed by atoms with E-state index < -0.39 is 0 Å². The first kappa shape index (κ1) is 4.13. The van der Waals surface area contributed by atoms with E-state index in [1.807, 2.05) is 6.92 Å². The topological polar surface area (TPSA) is 20.2 Å². The van der Waals surface area contributed by atoms with Crippen LogP contribution in [0.4, 0.5) is 0 Å². The predicted molar refractivity (Wildman–Crippen MR) is 26.6 cm³/mol. The average Bonchev–Trinajstić information content (AvgIpc) is 1.68. The van der Waals surface area contributed by atoms with Crippen molar-refractivity contribution in [2.24, 2.45) is 0 Å². The zero-order chi connectivity index (χ0) is 5.70. The molecule has 0 rings (SSSR count). The second kappa shape index (κ2) is 3.16. The molecule has 1 N–H and O–H groups in total. The van der Waals surface area contributed by atoms with Crippen molar-refractivity contribution >= 4 is 0 Å². The molecule has 0 aliphatic carbocycles. The third kappa shape index (κ3) is 2.21. The molecule has 1 atom stereocenters. The fourth-order valence-electron chi connectivity index (χ4n) is 0.204. The van der Waals surface area contributed by atoms with Gasteiger partial charge in [-0.15, -0.1) is 0 Å². The van der Waals surface area contributed by atoms with Crippen molar-refractivity contribution < 1.29 is 6.48 Å². The van der Waals surface area contributed by atoms with E-state index >= 15 is 0 Å². The van der Waals surface area contributed by atoms with Crippen molar-refractivity contribution in [3.8, 4) is 0 Å². The molecule has 0 fully saturated rings. The Kier molecular flexibility index (Phi) is 2.18. The number of rotatable bonds is 2. The summed E-state index contributed by atoms with van der Waals surface area (Å²) in [5.74, 6) is 0. The van der Waals surface area contributed by atoms with Crippen molar-refractivity contribution in [1.82, 2.24) is 0 Å². The predicted octanol–water partition coefficient (Wildman–Crippen LogP) is 1.17. The van der Waals surface area contributed by atoms with E-state index in [0.717, 1.165) is 6.42 Å². The molecule has 0 spiro atoms. The van der Waals surface area contributed by atoms with Gasteiger partial charge in [-0.25, -0.2) is 0 Å². The van der Waals surface area contributed by atoms with Crippen LogP contribution in [0.15, 0.2) is 0 Å². The highest BCUT2D eigenvalue weighted by Crippen LogP contribution is 1.91. The maximum Gasteiger partial charge on any atom is 0.0535 e. The van der Waals surface area contributed by atoms with Gasteiger partial charge >= 0.3 is 0 Å². The number of aliphatic hydroxyl groups is 1. The van der Waals surface area contributed by atoms with Gasteiger partial charge in [-0.3, -0.25) is 0 Å². The number of hydrogen-bond donors (Lipinski definition) is 1. The summed E-state index contributed by atoms with van der Waals surface area (Å²) in [6.07, 6.45) is 1.16. The van der Waals surface area contributed by atoms with Crippen LogP contribution in [-0.4, -0.2) is 11.2 Å². The molecule has 0 radical (unpaired) electrons. The Labute approximate surface area is 40.4 Å². The molecule has 0 saturated heterocycles. The van der Waals surface area contributed by atoms with E-state index in [2.05, 4.69) is 0 Å². The Morgan fingerprint density at radius 3 is 2.67 bits per heavy atom. The lowest BCUT2D eigenvalue weighted by molar-refractivity contribution is 0.166. The van der Waals surface area contributed by atoms with Crippen molar-refractivity contribution in [3.05, 3.63) is 0 Å². The minimum atomic E-state index is -0.238.